The quantitative estimate of drug-likeness (QED) is 0.741. The lowest BCUT2D eigenvalue weighted by Gasteiger charge is -2.18. The second kappa shape index (κ2) is 6.90. The van der Waals surface area contributed by atoms with E-state index < -0.39 is 0 Å². The van der Waals surface area contributed by atoms with Crippen molar-refractivity contribution in [3.63, 3.8) is 0 Å². The van der Waals surface area contributed by atoms with Crippen LogP contribution in [0.15, 0.2) is 18.2 Å². The minimum absolute atomic E-state index is 0.0260. The molecule has 1 aromatic heterocycles. The van der Waals surface area contributed by atoms with Crippen LogP contribution in [0.1, 0.15) is 19.0 Å². The van der Waals surface area contributed by atoms with Crippen molar-refractivity contribution in [2.24, 2.45) is 5.73 Å². The molecule has 5 nitrogen and oxygen atoms in total. The van der Waals surface area contributed by atoms with Crippen LogP contribution < -0.4 is 16.0 Å². The van der Waals surface area contributed by atoms with E-state index in [1.54, 1.807) is 18.0 Å². The van der Waals surface area contributed by atoms with Crippen molar-refractivity contribution in [3.05, 3.63) is 23.9 Å². The highest BCUT2D eigenvalue weighted by molar-refractivity contribution is 7.80. The zero-order valence-electron chi connectivity index (χ0n) is 10.6. The maximum Gasteiger partial charge on any atom is 0.239 e. The van der Waals surface area contributed by atoms with Crippen molar-refractivity contribution >= 4 is 28.9 Å². The van der Waals surface area contributed by atoms with Gasteiger partial charge in [-0.2, -0.15) is 0 Å². The van der Waals surface area contributed by atoms with Crippen molar-refractivity contribution in [2.45, 2.75) is 13.3 Å². The van der Waals surface area contributed by atoms with Crippen LogP contribution in [0.25, 0.3) is 0 Å². The Hall–Kier alpha value is -1.69. The monoisotopic (exact) mass is 266 g/mol. The number of anilines is 1. The van der Waals surface area contributed by atoms with Gasteiger partial charge in [-0.05, 0) is 18.6 Å². The summed E-state index contributed by atoms with van der Waals surface area (Å²) in [4.78, 5) is 17.9. The Bertz CT molecular complexity index is 436. The molecule has 1 amide bonds. The van der Waals surface area contributed by atoms with Crippen LogP contribution in [-0.4, -0.2) is 36.0 Å². The third kappa shape index (κ3) is 4.29. The van der Waals surface area contributed by atoms with E-state index >= 15 is 0 Å². The van der Waals surface area contributed by atoms with Crippen molar-refractivity contribution in [3.8, 4) is 0 Å². The standard InChI is InChI=1S/C12H18N4OS/c1-3-7-14-11(17)8-16(2)10-6-4-5-9(15-10)12(13)18/h4-6H,3,7-8H2,1-2H3,(H2,13,18)(H,14,17). The van der Waals surface area contributed by atoms with E-state index in [1.807, 2.05) is 19.1 Å². The second-order valence-electron chi connectivity index (χ2n) is 3.95. The molecule has 3 N–H and O–H groups in total. The first kappa shape index (κ1) is 14.4. The summed E-state index contributed by atoms with van der Waals surface area (Å²) < 4.78 is 0. The molecule has 0 aliphatic carbocycles. The molecule has 0 fully saturated rings. The van der Waals surface area contributed by atoms with Gasteiger partial charge in [-0.1, -0.05) is 25.2 Å². The average molecular weight is 266 g/mol. The van der Waals surface area contributed by atoms with Gasteiger partial charge in [-0.25, -0.2) is 4.98 Å². The largest absolute Gasteiger partial charge is 0.388 e. The van der Waals surface area contributed by atoms with E-state index in [9.17, 15) is 4.79 Å². The first-order chi connectivity index (χ1) is 8.54. The Balaban J connectivity index is 2.66. The molecule has 0 unspecified atom stereocenters. The number of hydrogen-bond acceptors (Lipinski definition) is 4. The molecule has 0 aliphatic heterocycles. The maximum atomic E-state index is 11.6. The number of pyridine rings is 1. The predicted molar refractivity (Wildman–Crippen MR) is 76.7 cm³/mol. The Morgan fingerprint density at radius 2 is 2.28 bits per heavy atom. The summed E-state index contributed by atoms with van der Waals surface area (Å²) >= 11 is 4.87. The molecule has 1 heterocycles. The smallest absolute Gasteiger partial charge is 0.239 e. The highest BCUT2D eigenvalue weighted by Gasteiger charge is 2.09. The van der Waals surface area contributed by atoms with Gasteiger partial charge < -0.3 is 16.0 Å². The molecule has 0 saturated carbocycles. The number of nitrogens with zero attached hydrogens (tertiary/aromatic N) is 2. The molecule has 18 heavy (non-hydrogen) atoms. The number of rotatable bonds is 6. The maximum absolute atomic E-state index is 11.6. The average Bonchev–Trinajstić information content (AvgIpc) is 2.36. The Morgan fingerprint density at radius 3 is 2.89 bits per heavy atom. The van der Waals surface area contributed by atoms with Crippen molar-refractivity contribution < 1.29 is 4.79 Å². The van der Waals surface area contributed by atoms with Gasteiger partial charge in [0.05, 0.1) is 12.2 Å². The molecule has 1 rings (SSSR count). The van der Waals surface area contributed by atoms with Crippen LogP contribution in [0.4, 0.5) is 5.82 Å². The van der Waals surface area contributed by atoms with Crippen molar-refractivity contribution in [2.75, 3.05) is 25.0 Å². The summed E-state index contributed by atoms with van der Waals surface area (Å²) in [5.41, 5.74) is 6.08. The number of amides is 1. The van der Waals surface area contributed by atoms with Crippen LogP contribution in [0, 0.1) is 0 Å². The highest BCUT2D eigenvalue weighted by Crippen LogP contribution is 2.09. The molecule has 0 spiro atoms. The molecule has 98 valence electrons. The molecule has 0 radical (unpaired) electrons. The van der Waals surface area contributed by atoms with E-state index in [4.69, 9.17) is 18.0 Å². The van der Waals surface area contributed by atoms with E-state index in [0.29, 0.717) is 18.1 Å². The van der Waals surface area contributed by atoms with Gasteiger partial charge in [0, 0.05) is 13.6 Å². The summed E-state index contributed by atoms with van der Waals surface area (Å²) in [5, 5.41) is 2.81. The fraction of sp³-hybridized carbons (Fsp3) is 0.417. The first-order valence-corrected chi connectivity index (χ1v) is 6.20. The Labute approximate surface area is 112 Å². The number of thiocarbonyl (C=S) groups is 1. The Kier molecular flexibility index (Phi) is 5.51. The summed E-state index contributed by atoms with van der Waals surface area (Å²) in [7, 11) is 1.80. The van der Waals surface area contributed by atoms with Gasteiger partial charge in [0.25, 0.3) is 0 Å². The summed E-state index contributed by atoms with van der Waals surface area (Å²) in [6.07, 6.45) is 0.921. The van der Waals surface area contributed by atoms with E-state index in [-0.39, 0.29) is 17.4 Å². The van der Waals surface area contributed by atoms with Crippen LogP contribution in [-0.2, 0) is 4.79 Å². The second-order valence-corrected chi connectivity index (χ2v) is 4.39. The minimum Gasteiger partial charge on any atom is -0.388 e. The lowest BCUT2D eigenvalue weighted by molar-refractivity contribution is -0.119. The van der Waals surface area contributed by atoms with Crippen LogP contribution in [0.3, 0.4) is 0 Å². The number of carbonyl (C=O) groups excluding carboxylic acids is 1. The number of likely N-dealkylation sites (N-methyl/N-ethyl adjacent to an activating group) is 1. The van der Waals surface area contributed by atoms with E-state index in [1.165, 1.54) is 0 Å². The predicted octanol–water partition coefficient (Wildman–Crippen LogP) is 0.678. The fourth-order valence-corrected chi connectivity index (χ4v) is 1.50. The van der Waals surface area contributed by atoms with Gasteiger partial charge >= 0.3 is 0 Å². The molecule has 0 saturated heterocycles. The molecule has 1 aromatic rings. The zero-order valence-corrected chi connectivity index (χ0v) is 11.5. The topological polar surface area (TPSA) is 71.2 Å². The van der Waals surface area contributed by atoms with Gasteiger partial charge in [0.1, 0.15) is 10.8 Å². The number of carbonyl (C=O) groups is 1. The van der Waals surface area contributed by atoms with Gasteiger partial charge in [0.2, 0.25) is 5.91 Å². The number of aromatic nitrogens is 1. The molecule has 0 aromatic carbocycles. The lowest BCUT2D eigenvalue weighted by atomic mass is 10.3. The number of hydrogen-bond donors (Lipinski definition) is 2. The molecule has 0 atom stereocenters. The van der Waals surface area contributed by atoms with E-state index in [0.717, 1.165) is 6.42 Å². The number of nitrogens with one attached hydrogen (secondary N) is 1. The summed E-state index contributed by atoms with van der Waals surface area (Å²) in [5.74, 6) is 0.647. The molecular formula is C12H18N4OS. The van der Waals surface area contributed by atoms with Crippen LogP contribution >= 0.6 is 12.2 Å². The van der Waals surface area contributed by atoms with Crippen molar-refractivity contribution in [1.82, 2.24) is 10.3 Å². The minimum atomic E-state index is -0.0260. The number of nitrogens with two attached hydrogens (primary N) is 1. The normalized spacial score (nSPS) is 9.89. The van der Waals surface area contributed by atoms with Crippen LogP contribution in [0.5, 0.6) is 0 Å². The van der Waals surface area contributed by atoms with Crippen molar-refractivity contribution in [1.29, 1.82) is 0 Å². The molecule has 6 heteroatoms. The van der Waals surface area contributed by atoms with Gasteiger partial charge in [-0.15, -0.1) is 0 Å². The molecule has 0 aliphatic rings. The van der Waals surface area contributed by atoms with Crippen LogP contribution in [0.2, 0.25) is 0 Å². The Morgan fingerprint density at radius 1 is 1.56 bits per heavy atom. The third-order valence-electron chi connectivity index (χ3n) is 2.33. The summed E-state index contributed by atoms with van der Waals surface area (Å²) in [6, 6.07) is 5.38. The van der Waals surface area contributed by atoms with Gasteiger partial charge in [0.15, 0.2) is 0 Å². The lowest BCUT2D eigenvalue weighted by Crippen LogP contribution is -2.36. The zero-order chi connectivity index (χ0) is 13.5. The SMILES string of the molecule is CCCNC(=O)CN(C)c1cccc(C(N)=S)n1. The molecule has 0 bridgehead atoms. The third-order valence-corrected chi connectivity index (χ3v) is 2.54. The van der Waals surface area contributed by atoms with Gasteiger partial charge in [-0.3, -0.25) is 4.79 Å². The van der Waals surface area contributed by atoms with E-state index in [2.05, 4.69) is 10.3 Å². The highest BCUT2D eigenvalue weighted by atomic mass is 32.1. The summed E-state index contributed by atoms with van der Waals surface area (Å²) in [6.45, 7) is 2.96. The molecular weight excluding hydrogens is 248 g/mol. The first-order valence-electron chi connectivity index (χ1n) is 5.79. The fourth-order valence-electron chi connectivity index (χ4n) is 1.39.